The van der Waals surface area contributed by atoms with E-state index in [4.69, 9.17) is 28.8 Å². The molecule has 2 saturated heterocycles. The second kappa shape index (κ2) is 11.1. The van der Waals surface area contributed by atoms with Gasteiger partial charge in [-0.1, -0.05) is 31.5 Å². The fourth-order valence-electron chi connectivity index (χ4n) is 6.79. The predicted octanol–water partition coefficient (Wildman–Crippen LogP) is 7.94. The first-order chi connectivity index (χ1) is 19.7. The SMILES string of the molecule is Cc1cc([C@@H]2[C@H](c3ccccn3)NC(=S)N2c2ccc(N3C[C@H](C)C[C@H](C)C3)c(Cl)c2)c(C)n1-c1ccc(F)cc1. The number of pyridine rings is 1. The standard InChI is InChI=1S/C33H35ClFN5S/c1-20-15-21(2)19-38(18-20)30-13-12-26(17-28(30)34)40-32(31(37-33(40)41)29-7-5-6-14-36-29)27-16-22(3)39(23(27)4)25-10-8-24(35)9-11-25/h5-14,16-17,20-21,31-32H,15,18-19H2,1-4H3,(H,37,41)/t20-,21+,31-,32+/m0/s1. The first-order valence-electron chi connectivity index (χ1n) is 14.2. The maximum atomic E-state index is 13.7. The van der Waals surface area contributed by atoms with Crippen LogP contribution in [0.3, 0.4) is 0 Å². The highest BCUT2D eigenvalue weighted by Crippen LogP contribution is 2.45. The van der Waals surface area contributed by atoms with Crippen molar-refractivity contribution in [3.8, 4) is 5.69 Å². The molecule has 2 aliphatic heterocycles. The summed E-state index contributed by atoms with van der Waals surface area (Å²) in [5.41, 5.74) is 7.07. The van der Waals surface area contributed by atoms with Crippen LogP contribution in [0.5, 0.6) is 0 Å². The lowest BCUT2D eigenvalue weighted by atomic mass is 9.91. The molecule has 0 aliphatic carbocycles. The molecule has 2 aromatic heterocycles. The third-order valence-electron chi connectivity index (χ3n) is 8.39. The van der Waals surface area contributed by atoms with Gasteiger partial charge in [0.2, 0.25) is 0 Å². The molecule has 4 heterocycles. The number of nitrogens with one attached hydrogen (secondary N) is 1. The largest absolute Gasteiger partial charge is 0.370 e. The first-order valence-corrected chi connectivity index (χ1v) is 15.0. The fraction of sp³-hybridized carbons (Fsp3) is 0.333. The Hall–Kier alpha value is -3.42. The van der Waals surface area contributed by atoms with Crippen molar-refractivity contribution < 1.29 is 4.39 Å². The van der Waals surface area contributed by atoms with Gasteiger partial charge in [-0.15, -0.1) is 0 Å². The molecule has 2 fully saturated rings. The van der Waals surface area contributed by atoms with Crippen LogP contribution in [0.2, 0.25) is 5.02 Å². The molecule has 0 unspecified atom stereocenters. The van der Waals surface area contributed by atoms with E-state index in [1.807, 2.05) is 42.6 Å². The number of halogens is 2. The molecule has 0 bridgehead atoms. The Bertz CT molecular complexity index is 1560. The van der Waals surface area contributed by atoms with Crippen molar-refractivity contribution in [1.29, 1.82) is 0 Å². The van der Waals surface area contributed by atoms with E-state index >= 15 is 0 Å². The molecule has 2 aliphatic rings. The molecule has 212 valence electrons. The maximum Gasteiger partial charge on any atom is 0.174 e. The summed E-state index contributed by atoms with van der Waals surface area (Å²) in [6, 6.07) is 20.7. The van der Waals surface area contributed by atoms with Gasteiger partial charge in [-0.2, -0.15) is 0 Å². The van der Waals surface area contributed by atoms with Crippen molar-refractivity contribution in [2.75, 3.05) is 22.9 Å². The van der Waals surface area contributed by atoms with Crippen LogP contribution in [-0.2, 0) is 0 Å². The third-order valence-corrected chi connectivity index (χ3v) is 9.01. The lowest BCUT2D eigenvalue weighted by molar-refractivity contribution is 0.357. The Morgan fingerprint density at radius 1 is 0.951 bits per heavy atom. The molecule has 5 nitrogen and oxygen atoms in total. The van der Waals surface area contributed by atoms with Crippen LogP contribution >= 0.6 is 23.8 Å². The van der Waals surface area contributed by atoms with Gasteiger partial charge in [-0.05, 0) is 111 Å². The first kappa shape index (κ1) is 27.7. The van der Waals surface area contributed by atoms with Crippen LogP contribution < -0.4 is 15.1 Å². The number of hydrogen-bond acceptors (Lipinski definition) is 3. The van der Waals surface area contributed by atoms with E-state index in [0.717, 1.165) is 57.8 Å². The second-order valence-corrected chi connectivity index (χ2v) is 12.4. The number of benzene rings is 2. The van der Waals surface area contributed by atoms with Crippen LogP contribution in [-0.4, -0.2) is 27.8 Å². The summed E-state index contributed by atoms with van der Waals surface area (Å²) in [7, 11) is 0. The molecule has 0 saturated carbocycles. The van der Waals surface area contributed by atoms with Gasteiger partial charge in [0.05, 0.1) is 28.5 Å². The summed E-state index contributed by atoms with van der Waals surface area (Å²) in [5.74, 6) is 1.01. The summed E-state index contributed by atoms with van der Waals surface area (Å²) < 4.78 is 15.9. The minimum Gasteiger partial charge on any atom is -0.370 e. The van der Waals surface area contributed by atoms with Gasteiger partial charge >= 0.3 is 0 Å². The molecule has 0 spiro atoms. The molecule has 6 rings (SSSR count). The summed E-state index contributed by atoms with van der Waals surface area (Å²) in [5, 5.41) is 4.91. The van der Waals surface area contributed by atoms with E-state index in [1.54, 1.807) is 0 Å². The Kier molecular flexibility index (Phi) is 7.51. The maximum absolute atomic E-state index is 13.7. The molecule has 0 amide bonds. The fourth-order valence-corrected chi connectivity index (χ4v) is 7.43. The molecule has 2 aromatic carbocycles. The lowest BCUT2D eigenvalue weighted by Gasteiger charge is -2.37. The minimum atomic E-state index is -0.253. The molecule has 8 heteroatoms. The van der Waals surface area contributed by atoms with Crippen LogP contribution in [0, 0.1) is 31.5 Å². The number of aryl methyl sites for hydroxylation is 1. The van der Waals surface area contributed by atoms with Gasteiger partial charge in [-0.25, -0.2) is 4.39 Å². The van der Waals surface area contributed by atoms with E-state index in [9.17, 15) is 4.39 Å². The van der Waals surface area contributed by atoms with Crippen LogP contribution in [0.1, 0.15) is 55.0 Å². The molecule has 0 radical (unpaired) electrons. The number of aromatic nitrogens is 2. The van der Waals surface area contributed by atoms with E-state index < -0.39 is 0 Å². The van der Waals surface area contributed by atoms with E-state index in [2.05, 4.69) is 65.6 Å². The van der Waals surface area contributed by atoms with Crippen LogP contribution in [0.25, 0.3) is 5.69 Å². The number of piperidine rings is 1. The lowest BCUT2D eigenvalue weighted by Crippen LogP contribution is -2.38. The van der Waals surface area contributed by atoms with Gasteiger partial charge in [-0.3, -0.25) is 4.98 Å². The van der Waals surface area contributed by atoms with Crippen LogP contribution in [0.4, 0.5) is 15.8 Å². The summed E-state index contributed by atoms with van der Waals surface area (Å²) in [6.45, 7) is 10.8. The summed E-state index contributed by atoms with van der Waals surface area (Å²) >= 11 is 13.0. The number of thiocarbonyl (C=S) groups is 1. The monoisotopic (exact) mass is 587 g/mol. The van der Waals surface area contributed by atoms with E-state index in [-0.39, 0.29) is 17.9 Å². The Morgan fingerprint density at radius 2 is 1.66 bits per heavy atom. The number of anilines is 2. The van der Waals surface area contributed by atoms with Gasteiger partial charge in [0.25, 0.3) is 0 Å². The highest BCUT2D eigenvalue weighted by Gasteiger charge is 2.42. The van der Waals surface area contributed by atoms with Crippen molar-refractivity contribution in [3.05, 3.63) is 106 Å². The van der Waals surface area contributed by atoms with Crippen molar-refractivity contribution in [1.82, 2.24) is 14.9 Å². The average Bonchev–Trinajstić information content (AvgIpc) is 3.44. The molecular formula is C33H35ClFN5S. The Balaban J connectivity index is 1.44. The van der Waals surface area contributed by atoms with Crippen LogP contribution in [0.15, 0.2) is 72.9 Å². The third kappa shape index (κ3) is 5.22. The highest BCUT2D eigenvalue weighted by atomic mass is 35.5. The van der Waals surface area contributed by atoms with Gasteiger partial charge in [0.1, 0.15) is 5.82 Å². The van der Waals surface area contributed by atoms with E-state index in [0.29, 0.717) is 16.9 Å². The molecule has 41 heavy (non-hydrogen) atoms. The molecule has 4 aromatic rings. The number of hydrogen-bond donors (Lipinski definition) is 1. The molecule has 4 atom stereocenters. The Morgan fingerprint density at radius 3 is 2.32 bits per heavy atom. The van der Waals surface area contributed by atoms with Gasteiger partial charge in [0, 0.05) is 42.0 Å². The van der Waals surface area contributed by atoms with Gasteiger partial charge < -0.3 is 19.7 Å². The average molecular weight is 588 g/mol. The Labute approximate surface area is 252 Å². The number of nitrogens with zero attached hydrogens (tertiary/aromatic N) is 4. The quantitative estimate of drug-likeness (QED) is 0.240. The zero-order valence-corrected chi connectivity index (χ0v) is 25.4. The summed E-state index contributed by atoms with van der Waals surface area (Å²) in [6.07, 6.45) is 3.06. The smallest absolute Gasteiger partial charge is 0.174 e. The highest BCUT2D eigenvalue weighted by molar-refractivity contribution is 7.80. The van der Waals surface area contributed by atoms with Crippen molar-refractivity contribution in [3.63, 3.8) is 0 Å². The molecule has 1 N–H and O–H groups in total. The van der Waals surface area contributed by atoms with E-state index in [1.165, 1.54) is 18.6 Å². The predicted molar refractivity (Wildman–Crippen MR) is 170 cm³/mol. The van der Waals surface area contributed by atoms with Crippen molar-refractivity contribution >= 4 is 40.3 Å². The topological polar surface area (TPSA) is 36.3 Å². The minimum absolute atomic E-state index is 0.172. The number of rotatable bonds is 5. The molecular weight excluding hydrogens is 553 g/mol. The normalized spacial score (nSPS) is 22.7. The second-order valence-electron chi connectivity index (χ2n) is 11.6. The van der Waals surface area contributed by atoms with Crippen molar-refractivity contribution in [2.24, 2.45) is 11.8 Å². The zero-order chi connectivity index (χ0) is 28.8. The van der Waals surface area contributed by atoms with Gasteiger partial charge in [0.15, 0.2) is 5.11 Å². The van der Waals surface area contributed by atoms with Crippen molar-refractivity contribution in [2.45, 2.75) is 46.2 Å². The zero-order valence-electron chi connectivity index (χ0n) is 23.8. The summed E-state index contributed by atoms with van der Waals surface area (Å²) in [4.78, 5) is 9.28.